The number of guanidine groups is 1. The number of benzene rings is 3. The predicted octanol–water partition coefficient (Wildman–Crippen LogP) is 2.67. The minimum Gasteiger partial charge on any atom is -0.363 e. The summed E-state index contributed by atoms with van der Waals surface area (Å²) in [5.41, 5.74) is 5.84. The molecule has 26 heavy (non-hydrogen) atoms. The highest BCUT2D eigenvalue weighted by atomic mass is 31.2. The summed E-state index contributed by atoms with van der Waals surface area (Å²) in [4.78, 5) is 10.8. The summed E-state index contributed by atoms with van der Waals surface area (Å²) in [5, 5.41) is 16.0. The Balaban J connectivity index is 2.44. The summed E-state index contributed by atoms with van der Waals surface area (Å²) in [6.45, 7) is 0. The molecule has 0 aromatic heterocycles. The standard InChI is InChI=1S/C19H17N4O2P/c20-19(21-23(24)25)22-26(16-10-4-1-5-11-16,17-12-6-2-7-13-17)18-14-8-3-9-15-18/h1-15H,(H2,20,21). The molecule has 0 saturated heterocycles. The van der Waals surface area contributed by atoms with E-state index in [4.69, 9.17) is 5.73 Å². The van der Waals surface area contributed by atoms with E-state index >= 15 is 0 Å². The Morgan fingerprint density at radius 3 is 1.42 bits per heavy atom. The van der Waals surface area contributed by atoms with E-state index in [0.717, 1.165) is 15.9 Å². The van der Waals surface area contributed by atoms with Crippen LogP contribution in [0.4, 0.5) is 0 Å². The van der Waals surface area contributed by atoms with Crippen molar-refractivity contribution in [2.75, 3.05) is 0 Å². The molecular weight excluding hydrogens is 347 g/mol. The van der Waals surface area contributed by atoms with E-state index in [1.807, 2.05) is 91.0 Å². The Labute approximate surface area is 151 Å². The summed E-state index contributed by atoms with van der Waals surface area (Å²) in [7, 11) is -2.60. The van der Waals surface area contributed by atoms with Crippen LogP contribution in [0.3, 0.4) is 0 Å². The molecule has 0 heterocycles. The predicted molar refractivity (Wildman–Crippen MR) is 106 cm³/mol. The number of nitrogens with two attached hydrogens (primary N) is 1. The van der Waals surface area contributed by atoms with E-state index in [1.54, 1.807) is 0 Å². The molecule has 0 saturated carbocycles. The van der Waals surface area contributed by atoms with Gasteiger partial charge in [0.15, 0.2) is 5.03 Å². The summed E-state index contributed by atoms with van der Waals surface area (Å²) in [5.74, 6) is -0.347. The monoisotopic (exact) mass is 364 g/mol. The Morgan fingerprint density at radius 2 is 1.12 bits per heavy atom. The van der Waals surface area contributed by atoms with E-state index in [0.29, 0.717) is 0 Å². The highest BCUT2D eigenvalue weighted by molar-refractivity contribution is 7.87. The summed E-state index contributed by atoms with van der Waals surface area (Å²) in [6.07, 6.45) is 0. The first kappa shape index (κ1) is 17.6. The second kappa shape index (κ2) is 7.76. The van der Waals surface area contributed by atoms with Crippen molar-refractivity contribution in [3.63, 3.8) is 0 Å². The van der Waals surface area contributed by atoms with E-state index in [-0.39, 0.29) is 5.96 Å². The molecule has 3 aromatic rings. The van der Waals surface area contributed by atoms with Gasteiger partial charge in [-0.2, -0.15) is 0 Å². The fraction of sp³-hybridized carbons (Fsp3) is 0. The van der Waals surface area contributed by atoms with E-state index in [1.165, 1.54) is 0 Å². The lowest BCUT2D eigenvalue weighted by Crippen LogP contribution is -2.27. The minimum atomic E-state index is -2.60. The van der Waals surface area contributed by atoms with Crippen LogP contribution < -0.4 is 21.6 Å². The van der Waals surface area contributed by atoms with Crippen molar-refractivity contribution in [2.45, 2.75) is 0 Å². The van der Waals surface area contributed by atoms with Gasteiger partial charge in [-0.15, -0.1) is 0 Å². The molecule has 2 N–H and O–H groups in total. The van der Waals surface area contributed by atoms with Crippen LogP contribution >= 0.6 is 7.05 Å². The number of rotatable bonds is 4. The van der Waals surface area contributed by atoms with Crippen molar-refractivity contribution in [3.8, 4) is 0 Å². The quantitative estimate of drug-likeness (QED) is 0.254. The Kier molecular flexibility index (Phi) is 5.25. The van der Waals surface area contributed by atoms with Crippen molar-refractivity contribution >= 4 is 28.9 Å². The molecule has 6 nitrogen and oxygen atoms in total. The fourth-order valence-corrected chi connectivity index (χ4v) is 6.21. The van der Waals surface area contributed by atoms with Crippen LogP contribution in [-0.4, -0.2) is 11.0 Å². The second-order valence-corrected chi connectivity index (χ2v) is 8.46. The van der Waals surface area contributed by atoms with Gasteiger partial charge in [-0.05, 0) is 0 Å². The number of nitro groups is 1. The highest BCUT2D eigenvalue weighted by Gasteiger charge is 2.28. The van der Waals surface area contributed by atoms with Crippen LogP contribution in [0.5, 0.6) is 0 Å². The van der Waals surface area contributed by atoms with Crippen LogP contribution in [0.25, 0.3) is 0 Å². The summed E-state index contributed by atoms with van der Waals surface area (Å²) in [6, 6.07) is 29.1. The van der Waals surface area contributed by atoms with Crippen molar-refractivity contribution in [3.05, 3.63) is 101 Å². The van der Waals surface area contributed by atoms with Gasteiger partial charge in [-0.25, -0.2) is 14.9 Å². The summed E-state index contributed by atoms with van der Waals surface area (Å²) < 4.78 is 4.66. The Bertz CT molecular complexity index is 871. The SMILES string of the molecule is N/C(N=P(c1ccccc1)(c1ccccc1)c1ccccc1)=N\[N+](=O)[O-]. The van der Waals surface area contributed by atoms with E-state index < -0.39 is 12.1 Å². The molecule has 0 amide bonds. The van der Waals surface area contributed by atoms with E-state index in [9.17, 15) is 10.1 Å². The molecule has 0 aliphatic carbocycles. The van der Waals surface area contributed by atoms with Crippen molar-refractivity contribution in [1.82, 2.24) is 0 Å². The maximum atomic E-state index is 10.8. The normalized spacial score (nSPS) is 11.8. The maximum Gasteiger partial charge on any atom is 0.291 e. The number of hydrazone groups is 1. The van der Waals surface area contributed by atoms with Gasteiger partial charge in [0.25, 0.3) is 5.96 Å². The van der Waals surface area contributed by atoms with Gasteiger partial charge in [0, 0.05) is 15.9 Å². The molecule has 0 fully saturated rings. The zero-order valence-electron chi connectivity index (χ0n) is 13.8. The van der Waals surface area contributed by atoms with Crippen molar-refractivity contribution < 1.29 is 5.03 Å². The van der Waals surface area contributed by atoms with Crippen LogP contribution in [-0.2, 0) is 0 Å². The Morgan fingerprint density at radius 1 is 0.769 bits per heavy atom. The molecule has 3 rings (SSSR count). The van der Waals surface area contributed by atoms with Gasteiger partial charge >= 0.3 is 0 Å². The van der Waals surface area contributed by atoms with Gasteiger partial charge in [0.05, 0.1) is 7.05 Å². The van der Waals surface area contributed by atoms with Crippen molar-refractivity contribution in [2.24, 2.45) is 15.6 Å². The zero-order chi connectivity index (χ0) is 18.4. The fourth-order valence-electron chi connectivity index (χ4n) is 2.81. The molecule has 3 aromatic carbocycles. The van der Waals surface area contributed by atoms with Crippen molar-refractivity contribution in [1.29, 1.82) is 0 Å². The molecule has 0 atom stereocenters. The first-order valence-corrected chi connectivity index (χ1v) is 9.65. The van der Waals surface area contributed by atoms with Gasteiger partial charge < -0.3 is 5.73 Å². The maximum absolute atomic E-state index is 10.8. The largest absolute Gasteiger partial charge is 0.363 e. The van der Waals surface area contributed by atoms with Gasteiger partial charge in [-0.3, -0.25) is 0 Å². The smallest absolute Gasteiger partial charge is 0.291 e. The molecule has 0 aliphatic rings. The molecule has 0 radical (unpaired) electrons. The number of nitrogens with zero attached hydrogens (tertiary/aromatic N) is 3. The van der Waals surface area contributed by atoms with Crippen LogP contribution in [0.1, 0.15) is 0 Å². The van der Waals surface area contributed by atoms with E-state index in [2.05, 4.69) is 9.85 Å². The summed E-state index contributed by atoms with van der Waals surface area (Å²) >= 11 is 0. The first-order valence-electron chi connectivity index (χ1n) is 7.90. The molecule has 0 spiro atoms. The zero-order valence-corrected chi connectivity index (χ0v) is 14.7. The highest BCUT2D eigenvalue weighted by Crippen LogP contribution is 2.46. The van der Waals surface area contributed by atoms with Gasteiger partial charge in [-0.1, -0.05) is 91.0 Å². The van der Waals surface area contributed by atoms with Crippen LogP contribution in [0, 0.1) is 10.1 Å². The molecule has 0 bridgehead atoms. The molecule has 7 heteroatoms. The minimum absolute atomic E-state index is 0.347. The van der Waals surface area contributed by atoms with Gasteiger partial charge in [0.1, 0.15) is 5.10 Å². The third-order valence-electron chi connectivity index (χ3n) is 3.83. The second-order valence-electron chi connectivity index (χ2n) is 5.44. The molecular formula is C19H17N4O2P. The number of hydrogen-bond acceptors (Lipinski definition) is 2. The Hall–Kier alpha value is -3.24. The molecule has 130 valence electrons. The number of hydrogen-bond donors (Lipinski definition) is 1. The first-order chi connectivity index (χ1) is 12.6. The third kappa shape index (κ3) is 3.55. The molecule has 0 unspecified atom stereocenters. The van der Waals surface area contributed by atoms with Crippen LogP contribution in [0.15, 0.2) is 101 Å². The lowest BCUT2D eigenvalue weighted by molar-refractivity contribution is -0.485. The lowest BCUT2D eigenvalue weighted by atomic mass is 10.4. The molecule has 0 aliphatic heterocycles. The lowest BCUT2D eigenvalue weighted by Gasteiger charge is -2.26. The third-order valence-corrected chi connectivity index (χ3v) is 7.47. The average molecular weight is 364 g/mol. The topological polar surface area (TPSA) is 93.9 Å². The van der Waals surface area contributed by atoms with Crippen LogP contribution in [0.2, 0.25) is 0 Å². The van der Waals surface area contributed by atoms with Gasteiger partial charge in [0.2, 0.25) is 0 Å². The average Bonchev–Trinajstić information content (AvgIpc) is 2.67.